The van der Waals surface area contributed by atoms with Gasteiger partial charge in [-0.2, -0.15) is 0 Å². The van der Waals surface area contributed by atoms with Gasteiger partial charge >= 0.3 is 0 Å². The Morgan fingerprint density at radius 3 is 2.71 bits per heavy atom. The van der Waals surface area contributed by atoms with Crippen molar-refractivity contribution in [3.63, 3.8) is 0 Å². The SMILES string of the molecule is CO[C@@H]1CNCC[C@H]1N(C)c1ccc(F)cc1. The zero-order valence-corrected chi connectivity index (χ0v) is 10.3. The standard InChI is InChI=1S/C13H19FN2O/c1-16(11-5-3-10(14)4-6-11)12-7-8-15-9-13(12)17-2/h3-6,12-13,15H,7-9H2,1-2H3/t12-,13-/m1/s1. The number of benzene rings is 1. The van der Waals surface area contributed by atoms with E-state index in [0.717, 1.165) is 25.2 Å². The Morgan fingerprint density at radius 2 is 2.06 bits per heavy atom. The summed E-state index contributed by atoms with van der Waals surface area (Å²) in [5.74, 6) is -0.198. The molecule has 1 aliphatic rings. The second-order valence-corrected chi connectivity index (χ2v) is 4.42. The van der Waals surface area contributed by atoms with E-state index in [0.29, 0.717) is 6.04 Å². The number of nitrogens with one attached hydrogen (secondary N) is 1. The monoisotopic (exact) mass is 238 g/mol. The van der Waals surface area contributed by atoms with Crippen molar-refractivity contribution >= 4 is 5.69 Å². The molecule has 1 N–H and O–H groups in total. The van der Waals surface area contributed by atoms with Gasteiger partial charge in [0.2, 0.25) is 0 Å². The van der Waals surface area contributed by atoms with Gasteiger partial charge in [-0.05, 0) is 37.2 Å². The van der Waals surface area contributed by atoms with E-state index in [-0.39, 0.29) is 11.9 Å². The van der Waals surface area contributed by atoms with Gasteiger partial charge < -0.3 is 15.0 Å². The molecule has 0 bridgehead atoms. The van der Waals surface area contributed by atoms with Crippen molar-refractivity contribution < 1.29 is 9.13 Å². The number of methoxy groups -OCH3 is 1. The molecular formula is C13H19FN2O. The first-order valence-corrected chi connectivity index (χ1v) is 5.94. The maximum absolute atomic E-state index is 12.9. The molecule has 0 radical (unpaired) electrons. The van der Waals surface area contributed by atoms with Crippen LogP contribution in [0.5, 0.6) is 0 Å². The van der Waals surface area contributed by atoms with Crippen molar-refractivity contribution in [3.8, 4) is 0 Å². The largest absolute Gasteiger partial charge is 0.378 e. The summed E-state index contributed by atoms with van der Waals surface area (Å²) in [6, 6.07) is 6.95. The molecule has 17 heavy (non-hydrogen) atoms. The fraction of sp³-hybridized carbons (Fsp3) is 0.538. The van der Waals surface area contributed by atoms with Gasteiger partial charge in [0, 0.05) is 26.4 Å². The highest BCUT2D eigenvalue weighted by Crippen LogP contribution is 2.21. The number of rotatable bonds is 3. The topological polar surface area (TPSA) is 24.5 Å². The molecule has 1 heterocycles. The molecule has 2 atom stereocenters. The van der Waals surface area contributed by atoms with E-state index in [1.54, 1.807) is 7.11 Å². The molecule has 1 saturated heterocycles. The lowest BCUT2D eigenvalue weighted by Gasteiger charge is -2.38. The third kappa shape index (κ3) is 2.76. The number of nitrogens with zero attached hydrogens (tertiary/aromatic N) is 1. The number of halogens is 1. The normalized spacial score (nSPS) is 24.6. The predicted octanol–water partition coefficient (Wildman–Crippen LogP) is 1.64. The summed E-state index contributed by atoms with van der Waals surface area (Å²) < 4.78 is 18.4. The van der Waals surface area contributed by atoms with Gasteiger partial charge in [-0.25, -0.2) is 4.39 Å². The summed E-state index contributed by atoms with van der Waals surface area (Å²) in [4.78, 5) is 2.18. The minimum atomic E-state index is -0.198. The average Bonchev–Trinajstić information content (AvgIpc) is 2.39. The van der Waals surface area contributed by atoms with E-state index in [4.69, 9.17) is 4.74 Å². The Balaban J connectivity index is 2.12. The van der Waals surface area contributed by atoms with E-state index in [2.05, 4.69) is 10.2 Å². The fourth-order valence-electron chi connectivity index (χ4n) is 2.37. The van der Waals surface area contributed by atoms with E-state index in [1.807, 2.05) is 19.2 Å². The van der Waals surface area contributed by atoms with Crippen LogP contribution in [-0.2, 0) is 4.74 Å². The first-order valence-electron chi connectivity index (χ1n) is 5.94. The molecule has 0 aliphatic carbocycles. The van der Waals surface area contributed by atoms with Crippen LogP contribution in [0.25, 0.3) is 0 Å². The molecule has 0 saturated carbocycles. The minimum absolute atomic E-state index is 0.179. The van der Waals surface area contributed by atoms with Crippen molar-refractivity contribution in [2.75, 3.05) is 32.1 Å². The van der Waals surface area contributed by atoms with Crippen LogP contribution in [0.15, 0.2) is 24.3 Å². The summed E-state index contributed by atoms with van der Waals surface area (Å²) in [5, 5.41) is 3.32. The van der Waals surface area contributed by atoms with E-state index in [1.165, 1.54) is 12.1 Å². The van der Waals surface area contributed by atoms with Crippen molar-refractivity contribution in [1.29, 1.82) is 0 Å². The second kappa shape index (κ2) is 5.47. The molecule has 0 unspecified atom stereocenters. The highest BCUT2D eigenvalue weighted by Gasteiger charge is 2.28. The molecule has 1 fully saturated rings. The van der Waals surface area contributed by atoms with E-state index in [9.17, 15) is 4.39 Å². The van der Waals surface area contributed by atoms with Gasteiger partial charge in [-0.15, -0.1) is 0 Å². The van der Waals surface area contributed by atoms with Crippen LogP contribution in [-0.4, -0.2) is 39.4 Å². The molecule has 2 rings (SSSR count). The van der Waals surface area contributed by atoms with Crippen LogP contribution >= 0.6 is 0 Å². The fourth-order valence-corrected chi connectivity index (χ4v) is 2.37. The maximum atomic E-state index is 12.9. The van der Waals surface area contributed by atoms with E-state index >= 15 is 0 Å². The van der Waals surface area contributed by atoms with E-state index < -0.39 is 0 Å². The number of likely N-dealkylation sites (N-methyl/N-ethyl adjacent to an activating group) is 1. The van der Waals surface area contributed by atoms with Crippen molar-refractivity contribution in [2.24, 2.45) is 0 Å². The maximum Gasteiger partial charge on any atom is 0.123 e. The first-order chi connectivity index (χ1) is 8.22. The molecule has 1 aliphatic heterocycles. The van der Waals surface area contributed by atoms with Gasteiger partial charge in [0.15, 0.2) is 0 Å². The van der Waals surface area contributed by atoms with Crippen LogP contribution in [0.2, 0.25) is 0 Å². The van der Waals surface area contributed by atoms with Gasteiger partial charge in [-0.1, -0.05) is 0 Å². The molecule has 1 aromatic carbocycles. The summed E-state index contributed by atoms with van der Waals surface area (Å²) in [7, 11) is 3.78. The van der Waals surface area contributed by atoms with Crippen molar-refractivity contribution in [2.45, 2.75) is 18.6 Å². The molecular weight excluding hydrogens is 219 g/mol. The number of ether oxygens (including phenoxy) is 1. The highest BCUT2D eigenvalue weighted by atomic mass is 19.1. The number of anilines is 1. The Labute approximate surface area is 102 Å². The highest BCUT2D eigenvalue weighted by molar-refractivity contribution is 5.46. The molecule has 1 aromatic rings. The lowest BCUT2D eigenvalue weighted by Crippen LogP contribution is -2.52. The summed E-state index contributed by atoms with van der Waals surface area (Å²) in [6.07, 6.45) is 1.21. The van der Waals surface area contributed by atoms with Crippen LogP contribution in [0.3, 0.4) is 0 Å². The number of hydrogen-bond acceptors (Lipinski definition) is 3. The molecule has 94 valence electrons. The van der Waals surface area contributed by atoms with Crippen LogP contribution in [0, 0.1) is 5.82 Å². The van der Waals surface area contributed by atoms with Gasteiger partial charge in [-0.3, -0.25) is 0 Å². The quantitative estimate of drug-likeness (QED) is 0.866. The third-order valence-electron chi connectivity index (χ3n) is 3.43. The molecule has 0 spiro atoms. The Morgan fingerprint density at radius 1 is 1.35 bits per heavy atom. The van der Waals surface area contributed by atoms with Crippen molar-refractivity contribution in [1.82, 2.24) is 5.32 Å². The number of piperidine rings is 1. The summed E-state index contributed by atoms with van der Waals surface area (Å²) in [6.45, 7) is 1.86. The third-order valence-corrected chi connectivity index (χ3v) is 3.43. The lowest BCUT2D eigenvalue weighted by atomic mass is 10.0. The van der Waals surface area contributed by atoms with Crippen LogP contribution in [0.4, 0.5) is 10.1 Å². The summed E-state index contributed by atoms with van der Waals surface area (Å²) >= 11 is 0. The number of hydrogen-bond donors (Lipinski definition) is 1. The average molecular weight is 238 g/mol. The minimum Gasteiger partial charge on any atom is -0.378 e. The van der Waals surface area contributed by atoms with Crippen molar-refractivity contribution in [3.05, 3.63) is 30.1 Å². The summed E-state index contributed by atoms with van der Waals surface area (Å²) in [5.41, 5.74) is 1.03. The Bertz CT molecular complexity index is 355. The second-order valence-electron chi connectivity index (χ2n) is 4.42. The molecule has 3 nitrogen and oxygen atoms in total. The zero-order chi connectivity index (χ0) is 12.3. The molecule has 0 amide bonds. The van der Waals surface area contributed by atoms with Gasteiger partial charge in [0.05, 0.1) is 12.1 Å². The zero-order valence-electron chi connectivity index (χ0n) is 10.3. The molecule has 0 aromatic heterocycles. The van der Waals surface area contributed by atoms with Crippen LogP contribution < -0.4 is 10.2 Å². The van der Waals surface area contributed by atoms with Gasteiger partial charge in [0.25, 0.3) is 0 Å². The predicted molar refractivity (Wildman–Crippen MR) is 66.9 cm³/mol. The Kier molecular flexibility index (Phi) is 3.97. The first kappa shape index (κ1) is 12.3. The Hall–Kier alpha value is -1.13. The smallest absolute Gasteiger partial charge is 0.123 e. The lowest BCUT2D eigenvalue weighted by molar-refractivity contribution is 0.0630. The van der Waals surface area contributed by atoms with Gasteiger partial charge in [0.1, 0.15) is 5.82 Å². The molecule has 4 heteroatoms. The van der Waals surface area contributed by atoms with Crippen LogP contribution in [0.1, 0.15) is 6.42 Å².